The Morgan fingerprint density at radius 1 is 0.976 bits per heavy atom. The number of nitrogens with two attached hydrogens (primary N) is 1. The molecule has 41 heavy (non-hydrogen) atoms. The summed E-state index contributed by atoms with van der Waals surface area (Å²) in [6, 6.07) is 11.2. The first kappa shape index (κ1) is 29.3. The van der Waals surface area contributed by atoms with Crippen molar-refractivity contribution in [2.24, 2.45) is 5.73 Å². The van der Waals surface area contributed by atoms with E-state index in [4.69, 9.17) is 5.73 Å². The second-order valence-corrected chi connectivity index (χ2v) is 10.1. The SMILES string of the molecule is NC(Cc1ccc(O)cc1)C(=O)N1CCCC1C(=O)NC(Cc1cnc[nH]1)C(=O)NC(Cc1ccccc1)C(=O)O. The van der Waals surface area contributed by atoms with Crippen molar-refractivity contribution in [2.75, 3.05) is 6.54 Å². The number of nitrogens with one attached hydrogen (secondary N) is 3. The van der Waals surface area contributed by atoms with E-state index in [0.717, 1.165) is 11.1 Å². The molecule has 4 unspecified atom stereocenters. The van der Waals surface area contributed by atoms with Gasteiger partial charge in [-0.2, -0.15) is 0 Å². The van der Waals surface area contributed by atoms with Crippen molar-refractivity contribution >= 4 is 23.7 Å². The third kappa shape index (κ3) is 7.92. The number of carbonyl (C=O) groups is 4. The molecule has 0 aliphatic carbocycles. The number of rotatable bonds is 12. The van der Waals surface area contributed by atoms with E-state index in [1.165, 1.54) is 29.6 Å². The third-order valence-corrected chi connectivity index (χ3v) is 7.06. The van der Waals surface area contributed by atoms with Crippen LogP contribution in [0.3, 0.4) is 0 Å². The number of likely N-dealkylation sites (tertiary alicyclic amines) is 1. The summed E-state index contributed by atoms with van der Waals surface area (Å²) in [7, 11) is 0. The van der Waals surface area contributed by atoms with Crippen molar-refractivity contribution in [3.8, 4) is 5.75 Å². The molecular weight excluding hydrogens is 528 g/mol. The molecule has 3 amide bonds. The summed E-state index contributed by atoms with van der Waals surface area (Å²) < 4.78 is 0. The molecule has 1 saturated heterocycles. The smallest absolute Gasteiger partial charge is 0.326 e. The second kappa shape index (κ2) is 13.6. The molecule has 0 spiro atoms. The van der Waals surface area contributed by atoms with Crippen molar-refractivity contribution in [2.45, 2.75) is 56.3 Å². The molecule has 1 aliphatic heterocycles. The Morgan fingerprint density at radius 2 is 1.68 bits per heavy atom. The molecule has 1 fully saturated rings. The number of benzene rings is 2. The summed E-state index contributed by atoms with van der Waals surface area (Å²) >= 11 is 0. The summed E-state index contributed by atoms with van der Waals surface area (Å²) in [5.74, 6) is -2.69. The van der Waals surface area contributed by atoms with E-state index in [2.05, 4.69) is 20.6 Å². The lowest BCUT2D eigenvalue weighted by atomic mass is 10.0. The van der Waals surface area contributed by atoms with Crippen LogP contribution in [0.15, 0.2) is 67.1 Å². The zero-order valence-electron chi connectivity index (χ0n) is 22.4. The monoisotopic (exact) mass is 562 g/mol. The van der Waals surface area contributed by atoms with Crippen LogP contribution < -0.4 is 16.4 Å². The Morgan fingerprint density at radius 3 is 2.34 bits per heavy atom. The number of aromatic hydroxyl groups is 1. The highest BCUT2D eigenvalue weighted by Crippen LogP contribution is 2.20. The van der Waals surface area contributed by atoms with Crippen LogP contribution in [0.5, 0.6) is 5.75 Å². The number of carboxylic acid groups (broad SMARTS) is 1. The van der Waals surface area contributed by atoms with Crippen LogP contribution in [0.4, 0.5) is 0 Å². The summed E-state index contributed by atoms with van der Waals surface area (Å²) in [4.78, 5) is 60.2. The van der Waals surface area contributed by atoms with Crippen LogP contribution in [0.1, 0.15) is 29.7 Å². The highest BCUT2D eigenvalue weighted by atomic mass is 16.4. The number of nitrogens with zero attached hydrogens (tertiary/aromatic N) is 2. The Labute approximate surface area is 237 Å². The van der Waals surface area contributed by atoms with Crippen molar-refractivity contribution < 1.29 is 29.4 Å². The lowest BCUT2D eigenvalue weighted by Crippen LogP contribution is -2.57. The fourth-order valence-electron chi connectivity index (χ4n) is 4.90. The highest BCUT2D eigenvalue weighted by Gasteiger charge is 2.38. The van der Waals surface area contributed by atoms with Crippen LogP contribution in [-0.2, 0) is 38.4 Å². The molecule has 0 bridgehead atoms. The topological polar surface area (TPSA) is 191 Å². The number of aromatic nitrogens is 2. The minimum absolute atomic E-state index is 0.0380. The fourth-order valence-corrected chi connectivity index (χ4v) is 4.90. The molecule has 1 aliphatic rings. The van der Waals surface area contributed by atoms with Crippen LogP contribution in [0, 0.1) is 0 Å². The molecule has 7 N–H and O–H groups in total. The number of H-pyrrole nitrogens is 1. The number of carboxylic acids is 1. The zero-order valence-corrected chi connectivity index (χ0v) is 22.4. The van der Waals surface area contributed by atoms with Gasteiger partial charge in [-0.05, 0) is 42.5 Å². The van der Waals surface area contributed by atoms with Crippen molar-refractivity contribution in [3.63, 3.8) is 0 Å². The van der Waals surface area contributed by atoms with Gasteiger partial charge in [0.25, 0.3) is 0 Å². The van der Waals surface area contributed by atoms with Gasteiger partial charge in [0.1, 0.15) is 23.9 Å². The number of amides is 3. The number of imidazole rings is 1. The van der Waals surface area contributed by atoms with E-state index < -0.39 is 42.0 Å². The van der Waals surface area contributed by atoms with E-state index in [1.807, 2.05) is 6.07 Å². The zero-order chi connectivity index (χ0) is 29.4. The molecule has 3 aromatic rings. The first-order chi connectivity index (χ1) is 19.7. The minimum Gasteiger partial charge on any atom is -0.508 e. The molecule has 2 heterocycles. The predicted octanol–water partition coefficient (Wildman–Crippen LogP) is 0.516. The van der Waals surface area contributed by atoms with Crippen LogP contribution in [0.2, 0.25) is 0 Å². The van der Waals surface area contributed by atoms with Gasteiger partial charge in [-0.15, -0.1) is 0 Å². The molecule has 4 rings (SSSR count). The molecule has 4 atom stereocenters. The lowest BCUT2D eigenvalue weighted by molar-refractivity contribution is -0.143. The maximum atomic E-state index is 13.4. The predicted molar refractivity (Wildman–Crippen MR) is 148 cm³/mol. The van der Waals surface area contributed by atoms with Gasteiger partial charge in [0, 0.05) is 31.3 Å². The molecule has 216 valence electrons. The van der Waals surface area contributed by atoms with E-state index in [1.54, 1.807) is 36.4 Å². The lowest BCUT2D eigenvalue weighted by Gasteiger charge is -2.28. The molecule has 12 nitrogen and oxygen atoms in total. The summed E-state index contributed by atoms with van der Waals surface area (Å²) in [6.45, 7) is 0.343. The second-order valence-electron chi connectivity index (χ2n) is 10.1. The largest absolute Gasteiger partial charge is 0.508 e. The van der Waals surface area contributed by atoms with Crippen LogP contribution in [0.25, 0.3) is 0 Å². The van der Waals surface area contributed by atoms with E-state index in [0.29, 0.717) is 25.1 Å². The summed E-state index contributed by atoms with van der Waals surface area (Å²) in [6.07, 6.45) is 4.27. The minimum atomic E-state index is -1.21. The van der Waals surface area contributed by atoms with Gasteiger partial charge in [0.05, 0.1) is 12.4 Å². The van der Waals surface area contributed by atoms with Gasteiger partial charge in [0.15, 0.2) is 0 Å². The summed E-state index contributed by atoms with van der Waals surface area (Å²) in [5.41, 5.74) is 8.27. The summed E-state index contributed by atoms with van der Waals surface area (Å²) in [5, 5.41) is 24.5. The number of aliphatic carboxylic acids is 1. The Hall–Kier alpha value is -4.71. The average molecular weight is 563 g/mol. The quantitative estimate of drug-likeness (QED) is 0.184. The highest BCUT2D eigenvalue weighted by molar-refractivity contribution is 5.94. The maximum absolute atomic E-state index is 13.4. The van der Waals surface area contributed by atoms with Crippen molar-refractivity contribution in [3.05, 3.63) is 83.9 Å². The molecule has 2 aromatic carbocycles. The van der Waals surface area contributed by atoms with E-state index in [-0.39, 0.29) is 30.9 Å². The Kier molecular flexibility index (Phi) is 9.69. The molecule has 12 heteroatoms. The van der Waals surface area contributed by atoms with Crippen LogP contribution in [-0.4, -0.2) is 79.5 Å². The molecule has 0 saturated carbocycles. The first-order valence-corrected chi connectivity index (χ1v) is 13.4. The number of phenolic OH excluding ortho intramolecular Hbond substituents is 1. The number of carbonyl (C=O) groups excluding carboxylic acids is 3. The van der Waals surface area contributed by atoms with Crippen molar-refractivity contribution in [1.29, 1.82) is 0 Å². The fraction of sp³-hybridized carbons (Fsp3) is 0.345. The van der Waals surface area contributed by atoms with Gasteiger partial charge in [-0.25, -0.2) is 9.78 Å². The molecule has 0 radical (unpaired) electrons. The third-order valence-electron chi connectivity index (χ3n) is 7.06. The maximum Gasteiger partial charge on any atom is 0.326 e. The number of aromatic amines is 1. The van der Waals surface area contributed by atoms with Gasteiger partial charge in [-0.3, -0.25) is 14.4 Å². The molecule has 1 aromatic heterocycles. The van der Waals surface area contributed by atoms with E-state index >= 15 is 0 Å². The van der Waals surface area contributed by atoms with Gasteiger partial charge >= 0.3 is 5.97 Å². The number of phenols is 1. The molecular formula is C29H34N6O6. The Bertz CT molecular complexity index is 1330. The normalized spacial score (nSPS) is 16.9. The van der Waals surface area contributed by atoms with Gasteiger partial charge < -0.3 is 36.5 Å². The average Bonchev–Trinajstić information content (AvgIpc) is 3.66. The number of hydrogen-bond acceptors (Lipinski definition) is 7. The van der Waals surface area contributed by atoms with Gasteiger partial charge in [-0.1, -0.05) is 42.5 Å². The first-order valence-electron chi connectivity index (χ1n) is 13.4. The standard InChI is InChI=1S/C29H34N6O6/c30-22(13-19-8-10-21(36)11-9-19)28(39)35-12-4-7-25(35)27(38)33-23(15-20-16-31-17-32-20)26(37)34-24(29(40)41)14-18-5-2-1-3-6-18/h1-3,5-6,8-11,16-17,22-25,36H,4,7,12-15,30H2,(H,31,32)(H,33,38)(H,34,37)(H,40,41). The van der Waals surface area contributed by atoms with Crippen LogP contribution >= 0.6 is 0 Å². The van der Waals surface area contributed by atoms with E-state index in [9.17, 15) is 29.4 Å². The number of hydrogen-bond donors (Lipinski definition) is 6. The Balaban J connectivity index is 1.44. The van der Waals surface area contributed by atoms with Gasteiger partial charge in [0.2, 0.25) is 17.7 Å². The van der Waals surface area contributed by atoms with Crippen molar-refractivity contribution in [1.82, 2.24) is 25.5 Å².